The molecule has 0 radical (unpaired) electrons. The topological polar surface area (TPSA) is 84.9 Å². The quantitative estimate of drug-likeness (QED) is 0.726. The highest BCUT2D eigenvalue weighted by Crippen LogP contribution is 2.18. The summed E-state index contributed by atoms with van der Waals surface area (Å²) in [5, 5.41) is 2.91. The van der Waals surface area contributed by atoms with Crippen LogP contribution in [-0.4, -0.2) is 64.8 Å². The van der Waals surface area contributed by atoms with Crippen molar-refractivity contribution in [1.29, 1.82) is 0 Å². The minimum atomic E-state index is -3.33. The second-order valence-corrected chi connectivity index (χ2v) is 8.61. The lowest BCUT2D eigenvalue weighted by Crippen LogP contribution is -2.43. The fraction of sp³-hybridized carbons (Fsp3) is 0.588. The van der Waals surface area contributed by atoms with E-state index in [1.807, 2.05) is 24.3 Å². The van der Waals surface area contributed by atoms with E-state index in [1.54, 1.807) is 7.11 Å². The lowest BCUT2D eigenvalue weighted by molar-refractivity contribution is -0.122. The predicted octanol–water partition coefficient (Wildman–Crippen LogP) is 0.650. The van der Waals surface area contributed by atoms with Crippen LogP contribution in [0.3, 0.4) is 0 Å². The van der Waals surface area contributed by atoms with Gasteiger partial charge in [0, 0.05) is 26.4 Å². The Hall–Kier alpha value is -1.64. The number of hydrogen-bond acceptors (Lipinski definition) is 5. The van der Waals surface area contributed by atoms with Crippen LogP contribution in [0, 0.1) is 5.92 Å². The maximum atomic E-state index is 12.2. The third-order valence-electron chi connectivity index (χ3n) is 4.30. The lowest BCUT2D eigenvalue weighted by Gasteiger charge is -2.21. The van der Waals surface area contributed by atoms with E-state index in [9.17, 15) is 13.2 Å². The van der Waals surface area contributed by atoms with Crippen LogP contribution in [0.25, 0.3) is 0 Å². The predicted molar refractivity (Wildman–Crippen MR) is 95.0 cm³/mol. The summed E-state index contributed by atoms with van der Waals surface area (Å²) in [5.74, 6) is 0.399. The number of hydrogen-bond donors (Lipinski definition) is 1. The number of sulfonamides is 1. The van der Waals surface area contributed by atoms with Gasteiger partial charge in [0.2, 0.25) is 15.9 Å². The molecule has 2 atom stereocenters. The Bertz CT molecular complexity index is 690. The van der Waals surface area contributed by atoms with Crippen molar-refractivity contribution in [3.8, 4) is 5.75 Å². The highest BCUT2D eigenvalue weighted by atomic mass is 32.2. The monoisotopic (exact) mass is 370 g/mol. The zero-order valence-corrected chi connectivity index (χ0v) is 15.7. The molecule has 1 fully saturated rings. The van der Waals surface area contributed by atoms with Crippen molar-refractivity contribution >= 4 is 15.9 Å². The number of nitrogens with zero attached hydrogens (tertiary/aromatic N) is 1. The van der Waals surface area contributed by atoms with Crippen molar-refractivity contribution in [1.82, 2.24) is 9.62 Å². The van der Waals surface area contributed by atoms with Crippen molar-refractivity contribution < 1.29 is 22.7 Å². The highest BCUT2D eigenvalue weighted by Gasteiger charge is 2.33. The van der Waals surface area contributed by atoms with Gasteiger partial charge in [-0.1, -0.05) is 12.1 Å². The van der Waals surface area contributed by atoms with E-state index in [2.05, 4.69) is 5.32 Å². The van der Waals surface area contributed by atoms with Gasteiger partial charge in [-0.05, 0) is 24.1 Å². The number of methoxy groups -OCH3 is 1. The minimum absolute atomic E-state index is 0.0270. The molecular formula is C17H26N2O5S. The Balaban J connectivity index is 1.86. The van der Waals surface area contributed by atoms with E-state index in [4.69, 9.17) is 9.47 Å². The Morgan fingerprint density at radius 3 is 2.80 bits per heavy atom. The largest absolute Gasteiger partial charge is 0.497 e. The number of aryl methyl sites for hydroxylation is 1. The number of ether oxygens (including phenoxy) is 2. The second kappa shape index (κ2) is 8.64. The maximum absolute atomic E-state index is 12.2. The van der Waals surface area contributed by atoms with Crippen molar-refractivity contribution in [2.45, 2.75) is 18.9 Å². The molecule has 7 nitrogen and oxygen atoms in total. The normalized spacial score (nSPS) is 20.6. The Morgan fingerprint density at radius 2 is 2.12 bits per heavy atom. The zero-order chi connectivity index (χ0) is 18.4. The molecule has 1 N–H and O–H groups in total. The van der Waals surface area contributed by atoms with Crippen LogP contribution >= 0.6 is 0 Å². The Morgan fingerprint density at radius 1 is 1.36 bits per heavy atom. The first kappa shape index (κ1) is 19.7. The maximum Gasteiger partial charge on any atom is 0.220 e. The molecule has 1 aromatic carbocycles. The first-order chi connectivity index (χ1) is 11.8. The third kappa shape index (κ3) is 5.69. The van der Waals surface area contributed by atoms with E-state index < -0.39 is 10.0 Å². The SMILES string of the molecule is COc1cccc(CCC(=O)N[C@@H]2COC[C@H]2CS(=O)(=O)N(C)C)c1. The minimum Gasteiger partial charge on any atom is -0.497 e. The molecule has 0 bridgehead atoms. The second-order valence-electron chi connectivity index (χ2n) is 6.38. The zero-order valence-electron chi connectivity index (χ0n) is 14.9. The molecule has 25 heavy (non-hydrogen) atoms. The molecule has 1 aliphatic rings. The number of carbonyl (C=O) groups excluding carboxylic acids is 1. The van der Waals surface area contributed by atoms with Gasteiger partial charge in [0.15, 0.2) is 0 Å². The van der Waals surface area contributed by atoms with Gasteiger partial charge in [-0.3, -0.25) is 4.79 Å². The summed E-state index contributed by atoms with van der Waals surface area (Å²) in [6, 6.07) is 7.32. The van der Waals surface area contributed by atoms with E-state index >= 15 is 0 Å². The molecule has 1 saturated heterocycles. The van der Waals surface area contributed by atoms with Crippen LogP contribution in [-0.2, 0) is 26.0 Å². The summed E-state index contributed by atoms with van der Waals surface area (Å²) in [6.07, 6.45) is 0.925. The average Bonchev–Trinajstić information content (AvgIpc) is 2.99. The molecule has 1 aliphatic heterocycles. The van der Waals surface area contributed by atoms with Crippen LogP contribution in [0.2, 0.25) is 0 Å². The van der Waals surface area contributed by atoms with Gasteiger partial charge in [0.05, 0.1) is 32.1 Å². The molecule has 1 amide bonds. The van der Waals surface area contributed by atoms with Crippen molar-refractivity contribution in [3.63, 3.8) is 0 Å². The Labute approximate surface area is 149 Å². The summed E-state index contributed by atoms with van der Waals surface area (Å²) in [5.41, 5.74) is 1.02. The van der Waals surface area contributed by atoms with Crippen molar-refractivity contribution in [2.75, 3.05) is 40.2 Å². The van der Waals surface area contributed by atoms with Gasteiger partial charge >= 0.3 is 0 Å². The number of carbonyl (C=O) groups is 1. The summed E-state index contributed by atoms with van der Waals surface area (Å²) < 4.78 is 35.8. The van der Waals surface area contributed by atoms with E-state index in [1.165, 1.54) is 18.4 Å². The number of benzene rings is 1. The van der Waals surface area contributed by atoms with Gasteiger partial charge in [-0.2, -0.15) is 0 Å². The summed E-state index contributed by atoms with van der Waals surface area (Å²) in [7, 11) is 1.29. The molecule has 1 heterocycles. The molecular weight excluding hydrogens is 344 g/mol. The molecule has 0 saturated carbocycles. The molecule has 0 aliphatic carbocycles. The van der Waals surface area contributed by atoms with Gasteiger partial charge in [-0.25, -0.2) is 12.7 Å². The number of nitrogens with one attached hydrogen (secondary N) is 1. The highest BCUT2D eigenvalue weighted by molar-refractivity contribution is 7.89. The van der Waals surface area contributed by atoms with E-state index in [-0.39, 0.29) is 23.6 Å². The third-order valence-corrected chi connectivity index (χ3v) is 6.26. The Kier molecular flexibility index (Phi) is 6.80. The van der Waals surface area contributed by atoms with E-state index in [0.717, 1.165) is 11.3 Å². The molecule has 8 heteroatoms. The van der Waals surface area contributed by atoms with Gasteiger partial charge in [-0.15, -0.1) is 0 Å². The smallest absolute Gasteiger partial charge is 0.220 e. The average molecular weight is 370 g/mol. The number of rotatable bonds is 8. The summed E-state index contributed by atoms with van der Waals surface area (Å²) >= 11 is 0. The first-order valence-corrected chi connectivity index (χ1v) is 9.83. The lowest BCUT2D eigenvalue weighted by atomic mass is 10.1. The molecule has 0 spiro atoms. The van der Waals surface area contributed by atoms with Crippen LogP contribution < -0.4 is 10.1 Å². The van der Waals surface area contributed by atoms with Crippen molar-refractivity contribution in [3.05, 3.63) is 29.8 Å². The fourth-order valence-electron chi connectivity index (χ4n) is 2.71. The van der Waals surface area contributed by atoms with Gasteiger partial charge in [0.25, 0.3) is 0 Å². The molecule has 0 aromatic heterocycles. The van der Waals surface area contributed by atoms with Crippen molar-refractivity contribution in [2.24, 2.45) is 5.92 Å². The molecule has 140 valence electrons. The number of amides is 1. The van der Waals surface area contributed by atoms with Crippen LogP contribution in [0.15, 0.2) is 24.3 Å². The van der Waals surface area contributed by atoms with Crippen LogP contribution in [0.5, 0.6) is 5.75 Å². The van der Waals surface area contributed by atoms with Gasteiger partial charge in [0.1, 0.15) is 5.75 Å². The fourth-order valence-corrected chi connectivity index (χ4v) is 3.87. The first-order valence-electron chi connectivity index (χ1n) is 8.22. The standard InChI is InChI=1S/C17H26N2O5S/c1-19(2)25(21,22)12-14-10-24-11-16(14)18-17(20)8-7-13-5-4-6-15(9-13)23-3/h4-6,9,14,16H,7-8,10-12H2,1-3H3,(H,18,20)/t14-,16+/m0/s1. The van der Waals surface area contributed by atoms with Gasteiger partial charge < -0.3 is 14.8 Å². The summed E-state index contributed by atoms with van der Waals surface area (Å²) in [4.78, 5) is 12.2. The molecule has 2 rings (SSSR count). The van der Waals surface area contributed by atoms with Crippen LogP contribution in [0.1, 0.15) is 12.0 Å². The molecule has 1 aromatic rings. The van der Waals surface area contributed by atoms with Crippen LogP contribution in [0.4, 0.5) is 0 Å². The molecule has 0 unspecified atom stereocenters. The summed E-state index contributed by atoms with van der Waals surface area (Å²) in [6.45, 7) is 0.687. The van der Waals surface area contributed by atoms with E-state index in [0.29, 0.717) is 26.1 Å².